The Balaban J connectivity index is 3.10. The summed E-state index contributed by atoms with van der Waals surface area (Å²) >= 11 is 0. The van der Waals surface area contributed by atoms with Crippen LogP contribution in [0, 0.1) is 5.82 Å². The molecule has 0 fully saturated rings. The average molecular weight is 274 g/mol. The molecule has 0 radical (unpaired) electrons. The normalized spacial score (nSPS) is 11.5. The Morgan fingerprint density at radius 2 is 2.00 bits per heavy atom. The maximum Gasteiger partial charge on any atom is 0.235 e. The molecule has 1 rings (SSSR count). The lowest BCUT2D eigenvalue weighted by Gasteiger charge is -2.24. The molecule has 0 bridgehead atoms. The van der Waals surface area contributed by atoms with Crippen molar-refractivity contribution in [2.45, 2.75) is 19.8 Å². The van der Waals surface area contributed by atoms with Gasteiger partial charge in [0.1, 0.15) is 5.82 Å². The molecule has 6 heteroatoms. The summed E-state index contributed by atoms with van der Waals surface area (Å²) in [5.74, 6) is -0.527. The van der Waals surface area contributed by atoms with E-state index in [0.29, 0.717) is 19.4 Å². The minimum atomic E-state index is -3.48. The van der Waals surface area contributed by atoms with Gasteiger partial charge >= 0.3 is 0 Å². The van der Waals surface area contributed by atoms with Crippen LogP contribution in [0.15, 0.2) is 24.3 Å². The topological polar surface area (TPSA) is 63.4 Å². The van der Waals surface area contributed by atoms with Crippen LogP contribution in [0.25, 0.3) is 0 Å². The van der Waals surface area contributed by atoms with E-state index < -0.39 is 15.8 Å². The second kappa shape index (κ2) is 6.70. The van der Waals surface area contributed by atoms with Gasteiger partial charge in [0.2, 0.25) is 10.0 Å². The minimum Gasteiger partial charge on any atom is -0.330 e. The standard InChI is InChI=1S/C12H19FN2O2S/c1-2-10-18(16,17)15(9-5-8-14)12-7-4-3-6-11(12)13/h3-4,6-7H,2,5,8-10,14H2,1H3. The molecular weight excluding hydrogens is 255 g/mol. The van der Waals surface area contributed by atoms with Gasteiger partial charge in [-0.3, -0.25) is 4.31 Å². The zero-order valence-corrected chi connectivity index (χ0v) is 11.3. The molecule has 102 valence electrons. The summed E-state index contributed by atoms with van der Waals surface area (Å²) in [5.41, 5.74) is 5.49. The summed E-state index contributed by atoms with van der Waals surface area (Å²) in [6.45, 7) is 2.35. The van der Waals surface area contributed by atoms with E-state index in [-0.39, 0.29) is 18.0 Å². The number of anilines is 1. The Hall–Kier alpha value is -1.14. The number of halogens is 1. The van der Waals surface area contributed by atoms with E-state index in [4.69, 9.17) is 5.73 Å². The van der Waals surface area contributed by atoms with Crippen LogP contribution >= 0.6 is 0 Å². The van der Waals surface area contributed by atoms with Crippen LogP contribution in [-0.2, 0) is 10.0 Å². The van der Waals surface area contributed by atoms with Crippen LogP contribution in [0.1, 0.15) is 19.8 Å². The third-order valence-electron chi connectivity index (χ3n) is 2.48. The van der Waals surface area contributed by atoms with Gasteiger partial charge in [0.15, 0.2) is 0 Å². The first kappa shape index (κ1) is 14.9. The molecule has 0 aliphatic carbocycles. The predicted octanol–water partition coefficient (Wildman–Crippen LogP) is 1.72. The van der Waals surface area contributed by atoms with E-state index in [1.807, 2.05) is 0 Å². The van der Waals surface area contributed by atoms with Gasteiger partial charge in [0.05, 0.1) is 11.4 Å². The van der Waals surface area contributed by atoms with Crippen molar-refractivity contribution in [1.82, 2.24) is 0 Å². The number of para-hydroxylation sites is 1. The molecule has 1 aromatic rings. The van der Waals surface area contributed by atoms with Gasteiger partial charge in [0.25, 0.3) is 0 Å². The number of rotatable bonds is 7. The molecule has 4 nitrogen and oxygen atoms in total. The van der Waals surface area contributed by atoms with E-state index in [1.54, 1.807) is 13.0 Å². The lowest BCUT2D eigenvalue weighted by atomic mass is 10.3. The first-order valence-corrected chi connectivity index (χ1v) is 7.59. The van der Waals surface area contributed by atoms with Crippen LogP contribution in [-0.4, -0.2) is 27.3 Å². The highest BCUT2D eigenvalue weighted by molar-refractivity contribution is 7.92. The summed E-state index contributed by atoms with van der Waals surface area (Å²) in [4.78, 5) is 0. The van der Waals surface area contributed by atoms with Crippen molar-refractivity contribution in [2.75, 3.05) is 23.1 Å². The van der Waals surface area contributed by atoms with Gasteiger partial charge in [-0.2, -0.15) is 0 Å². The van der Waals surface area contributed by atoms with Crippen molar-refractivity contribution in [3.05, 3.63) is 30.1 Å². The van der Waals surface area contributed by atoms with Gasteiger partial charge in [0, 0.05) is 6.54 Å². The largest absolute Gasteiger partial charge is 0.330 e. The fourth-order valence-corrected chi connectivity index (χ4v) is 3.26. The summed E-state index contributed by atoms with van der Waals surface area (Å²) in [5, 5.41) is 0. The van der Waals surface area contributed by atoms with Gasteiger partial charge in [-0.15, -0.1) is 0 Å². The van der Waals surface area contributed by atoms with E-state index >= 15 is 0 Å². The molecule has 0 unspecified atom stereocenters. The molecule has 0 heterocycles. The van der Waals surface area contributed by atoms with Crippen molar-refractivity contribution < 1.29 is 12.8 Å². The van der Waals surface area contributed by atoms with Gasteiger partial charge in [-0.25, -0.2) is 12.8 Å². The first-order chi connectivity index (χ1) is 8.53. The lowest BCUT2D eigenvalue weighted by Crippen LogP contribution is -2.35. The number of nitrogens with zero attached hydrogens (tertiary/aromatic N) is 1. The summed E-state index contributed by atoms with van der Waals surface area (Å²) in [6, 6.07) is 5.88. The van der Waals surface area contributed by atoms with Crippen molar-refractivity contribution in [1.29, 1.82) is 0 Å². The highest BCUT2D eigenvalue weighted by Gasteiger charge is 2.23. The molecule has 1 aromatic carbocycles. The summed E-state index contributed by atoms with van der Waals surface area (Å²) < 4.78 is 39.0. The SMILES string of the molecule is CCCS(=O)(=O)N(CCCN)c1ccccc1F. The van der Waals surface area contributed by atoms with Gasteiger partial charge in [-0.1, -0.05) is 19.1 Å². The molecule has 0 atom stereocenters. The molecule has 0 aliphatic rings. The van der Waals surface area contributed by atoms with Crippen LogP contribution in [0.5, 0.6) is 0 Å². The molecule has 0 saturated carbocycles. The fourth-order valence-electron chi connectivity index (χ4n) is 1.67. The van der Waals surface area contributed by atoms with E-state index in [9.17, 15) is 12.8 Å². The monoisotopic (exact) mass is 274 g/mol. The van der Waals surface area contributed by atoms with E-state index in [2.05, 4.69) is 0 Å². The third kappa shape index (κ3) is 3.68. The Morgan fingerprint density at radius 1 is 1.33 bits per heavy atom. The zero-order chi connectivity index (χ0) is 13.6. The predicted molar refractivity (Wildman–Crippen MR) is 71.5 cm³/mol. The lowest BCUT2D eigenvalue weighted by molar-refractivity contribution is 0.582. The summed E-state index contributed by atoms with van der Waals surface area (Å²) in [6.07, 6.45) is 0.993. The molecule has 0 amide bonds. The number of benzene rings is 1. The number of hydrogen-bond acceptors (Lipinski definition) is 3. The minimum absolute atomic E-state index is 0.00586. The number of sulfonamides is 1. The Labute approximate surface area is 108 Å². The molecule has 0 saturated heterocycles. The molecule has 18 heavy (non-hydrogen) atoms. The second-order valence-electron chi connectivity index (χ2n) is 3.98. The highest BCUT2D eigenvalue weighted by atomic mass is 32.2. The molecule has 0 spiro atoms. The van der Waals surface area contributed by atoms with Crippen LogP contribution in [0.3, 0.4) is 0 Å². The van der Waals surface area contributed by atoms with Crippen molar-refractivity contribution in [2.24, 2.45) is 5.73 Å². The third-order valence-corrected chi connectivity index (χ3v) is 4.46. The van der Waals surface area contributed by atoms with E-state index in [0.717, 1.165) is 4.31 Å². The Kier molecular flexibility index (Phi) is 5.55. The van der Waals surface area contributed by atoms with Crippen LogP contribution in [0.4, 0.5) is 10.1 Å². The summed E-state index contributed by atoms with van der Waals surface area (Å²) in [7, 11) is -3.48. The quantitative estimate of drug-likeness (QED) is 0.823. The van der Waals surface area contributed by atoms with Crippen molar-refractivity contribution in [3.8, 4) is 0 Å². The second-order valence-corrected chi connectivity index (χ2v) is 5.99. The van der Waals surface area contributed by atoms with Crippen LogP contribution in [0.2, 0.25) is 0 Å². The van der Waals surface area contributed by atoms with Crippen molar-refractivity contribution in [3.63, 3.8) is 0 Å². The zero-order valence-electron chi connectivity index (χ0n) is 10.5. The van der Waals surface area contributed by atoms with Gasteiger partial charge in [-0.05, 0) is 31.5 Å². The fraction of sp³-hybridized carbons (Fsp3) is 0.500. The highest BCUT2D eigenvalue weighted by Crippen LogP contribution is 2.22. The van der Waals surface area contributed by atoms with Gasteiger partial charge < -0.3 is 5.73 Å². The smallest absolute Gasteiger partial charge is 0.235 e. The molecule has 0 aromatic heterocycles. The molecule has 2 N–H and O–H groups in total. The Bertz CT molecular complexity index is 477. The van der Waals surface area contributed by atoms with Crippen LogP contribution < -0.4 is 10.0 Å². The maximum absolute atomic E-state index is 13.7. The first-order valence-electron chi connectivity index (χ1n) is 5.98. The number of nitrogens with two attached hydrogens (primary N) is 1. The Morgan fingerprint density at radius 3 is 2.56 bits per heavy atom. The van der Waals surface area contributed by atoms with E-state index in [1.165, 1.54) is 18.2 Å². The maximum atomic E-state index is 13.7. The molecule has 0 aliphatic heterocycles. The molecular formula is C12H19FN2O2S. The van der Waals surface area contributed by atoms with Crippen molar-refractivity contribution >= 4 is 15.7 Å². The average Bonchev–Trinajstić information content (AvgIpc) is 2.31. The number of hydrogen-bond donors (Lipinski definition) is 1.